The Hall–Kier alpha value is -2.94. The van der Waals surface area contributed by atoms with E-state index in [4.69, 9.17) is 0 Å². The van der Waals surface area contributed by atoms with Crippen molar-refractivity contribution in [1.82, 2.24) is 15.1 Å². The van der Waals surface area contributed by atoms with E-state index >= 15 is 0 Å². The average molecular weight is 511 g/mol. The van der Waals surface area contributed by atoms with E-state index in [0.717, 1.165) is 25.2 Å². The third-order valence-corrected chi connectivity index (χ3v) is 8.46. The van der Waals surface area contributed by atoms with Crippen LogP contribution < -0.4 is 10.2 Å². The Morgan fingerprint density at radius 2 is 1.70 bits per heavy atom. The molecule has 3 atom stereocenters. The molecule has 4 aliphatic rings. The normalized spacial score (nSPS) is 25.3. The van der Waals surface area contributed by atoms with Gasteiger partial charge < -0.3 is 25.1 Å². The van der Waals surface area contributed by atoms with Gasteiger partial charge in [0, 0.05) is 30.9 Å². The van der Waals surface area contributed by atoms with Gasteiger partial charge in [-0.1, -0.05) is 13.8 Å². The van der Waals surface area contributed by atoms with Crippen molar-refractivity contribution in [3.63, 3.8) is 0 Å². The van der Waals surface area contributed by atoms with Crippen LogP contribution in [0.4, 0.5) is 5.69 Å². The monoisotopic (exact) mass is 510 g/mol. The van der Waals surface area contributed by atoms with Gasteiger partial charge in [0.2, 0.25) is 5.91 Å². The Bertz CT molecular complexity index is 1060. The number of likely N-dealkylation sites (tertiary alicyclic amines) is 2. The molecular weight excluding hydrogens is 472 g/mol. The number of anilines is 1. The zero-order chi connectivity index (χ0) is 26.3. The van der Waals surface area contributed by atoms with Crippen molar-refractivity contribution in [2.24, 2.45) is 5.92 Å². The number of hydrogen-bond donors (Lipinski definition) is 2. The number of carbonyl (C=O) groups excluding carboxylic acids is 4. The fourth-order valence-electron chi connectivity index (χ4n) is 6.27. The summed E-state index contributed by atoms with van der Waals surface area (Å²) < 4.78 is 0. The number of aliphatic hydroxyl groups is 1. The van der Waals surface area contributed by atoms with Crippen molar-refractivity contribution in [3.05, 3.63) is 29.8 Å². The molecule has 0 bridgehead atoms. The van der Waals surface area contributed by atoms with Crippen LogP contribution in [0.25, 0.3) is 0 Å². The van der Waals surface area contributed by atoms with E-state index in [9.17, 15) is 24.3 Å². The van der Waals surface area contributed by atoms with Gasteiger partial charge in [-0.05, 0) is 75.1 Å². The summed E-state index contributed by atoms with van der Waals surface area (Å²) >= 11 is 0. The summed E-state index contributed by atoms with van der Waals surface area (Å²) in [5.41, 5.74) is 0.217. The minimum atomic E-state index is -1.37. The van der Waals surface area contributed by atoms with Crippen LogP contribution in [0.1, 0.15) is 69.2 Å². The molecule has 3 amide bonds. The van der Waals surface area contributed by atoms with Crippen molar-refractivity contribution in [1.29, 1.82) is 0 Å². The Morgan fingerprint density at radius 1 is 1.03 bits per heavy atom. The summed E-state index contributed by atoms with van der Waals surface area (Å²) in [6.07, 6.45) is 4.91. The Balaban J connectivity index is 1.28. The van der Waals surface area contributed by atoms with Crippen LogP contribution in [0.5, 0.6) is 0 Å². The molecule has 1 aromatic carbocycles. The molecular formula is C28H38N4O5. The maximum Gasteiger partial charge on any atom is 0.255 e. The minimum absolute atomic E-state index is 0.0785. The number of rotatable bonds is 7. The van der Waals surface area contributed by atoms with E-state index in [-0.39, 0.29) is 30.1 Å². The minimum Gasteiger partial charge on any atom is -0.380 e. The molecule has 9 heteroatoms. The molecule has 4 fully saturated rings. The van der Waals surface area contributed by atoms with Gasteiger partial charge in [-0.2, -0.15) is 0 Å². The first-order valence-electron chi connectivity index (χ1n) is 13.7. The molecule has 1 aliphatic carbocycles. The molecule has 5 rings (SSSR count). The topological polar surface area (TPSA) is 110 Å². The van der Waals surface area contributed by atoms with Gasteiger partial charge in [-0.3, -0.25) is 19.2 Å². The molecule has 200 valence electrons. The molecule has 1 saturated carbocycles. The molecule has 9 nitrogen and oxygen atoms in total. The van der Waals surface area contributed by atoms with Gasteiger partial charge in [0.05, 0.1) is 12.6 Å². The Kier molecular flexibility index (Phi) is 7.00. The molecule has 2 N–H and O–H groups in total. The SMILES string of the molecule is CC(C)CC(NC(=O)c1ccc(N2CCCC2)cc1)C(=O)N1CCC2C1C(=O)CN2C(=O)C1(O)CCC1. The maximum absolute atomic E-state index is 13.7. The molecule has 0 aromatic heterocycles. The van der Waals surface area contributed by atoms with Gasteiger partial charge >= 0.3 is 0 Å². The van der Waals surface area contributed by atoms with Gasteiger partial charge in [-0.25, -0.2) is 0 Å². The molecule has 1 aromatic rings. The highest BCUT2D eigenvalue weighted by atomic mass is 16.3. The summed E-state index contributed by atoms with van der Waals surface area (Å²) in [6.45, 7) is 6.29. The van der Waals surface area contributed by atoms with E-state index < -0.39 is 29.6 Å². The lowest BCUT2D eigenvalue weighted by Gasteiger charge is -2.39. The van der Waals surface area contributed by atoms with Crippen molar-refractivity contribution in [2.75, 3.05) is 31.1 Å². The van der Waals surface area contributed by atoms with E-state index in [2.05, 4.69) is 10.2 Å². The second-order valence-electron chi connectivity index (χ2n) is 11.5. The largest absolute Gasteiger partial charge is 0.380 e. The highest BCUT2D eigenvalue weighted by Crippen LogP contribution is 2.38. The lowest BCUT2D eigenvalue weighted by molar-refractivity contribution is -0.161. The van der Waals surface area contributed by atoms with Crippen LogP contribution in [0.2, 0.25) is 0 Å². The fraction of sp³-hybridized carbons (Fsp3) is 0.643. The number of amides is 3. The van der Waals surface area contributed by atoms with Crippen LogP contribution in [-0.4, -0.2) is 88.3 Å². The van der Waals surface area contributed by atoms with Crippen molar-refractivity contribution in [2.45, 2.75) is 82.5 Å². The second-order valence-corrected chi connectivity index (χ2v) is 11.5. The molecule has 0 radical (unpaired) electrons. The number of carbonyl (C=O) groups is 4. The van der Waals surface area contributed by atoms with Crippen molar-refractivity contribution < 1.29 is 24.3 Å². The molecule has 3 saturated heterocycles. The summed E-state index contributed by atoms with van der Waals surface area (Å²) in [7, 11) is 0. The summed E-state index contributed by atoms with van der Waals surface area (Å²) in [5.74, 6) is -1.02. The number of benzene rings is 1. The van der Waals surface area contributed by atoms with E-state index in [1.54, 1.807) is 17.0 Å². The van der Waals surface area contributed by atoms with Crippen LogP contribution in [0.15, 0.2) is 24.3 Å². The van der Waals surface area contributed by atoms with Gasteiger partial charge in [-0.15, -0.1) is 0 Å². The molecule has 37 heavy (non-hydrogen) atoms. The van der Waals surface area contributed by atoms with Crippen LogP contribution in [0, 0.1) is 5.92 Å². The third kappa shape index (κ3) is 4.85. The molecule has 0 spiro atoms. The highest BCUT2D eigenvalue weighted by molar-refractivity contribution is 6.01. The van der Waals surface area contributed by atoms with Crippen LogP contribution in [-0.2, 0) is 14.4 Å². The Morgan fingerprint density at radius 3 is 2.30 bits per heavy atom. The number of fused-ring (bicyclic) bond motifs is 1. The summed E-state index contributed by atoms with van der Waals surface area (Å²) in [6, 6.07) is 5.58. The van der Waals surface area contributed by atoms with E-state index in [1.807, 2.05) is 26.0 Å². The number of nitrogens with one attached hydrogen (secondary N) is 1. The van der Waals surface area contributed by atoms with Crippen molar-refractivity contribution >= 4 is 29.2 Å². The summed E-state index contributed by atoms with van der Waals surface area (Å²) in [4.78, 5) is 58.1. The first-order valence-corrected chi connectivity index (χ1v) is 13.7. The van der Waals surface area contributed by atoms with Crippen LogP contribution >= 0.6 is 0 Å². The van der Waals surface area contributed by atoms with Crippen molar-refractivity contribution in [3.8, 4) is 0 Å². The number of nitrogens with zero attached hydrogens (tertiary/aromatic N) is 3. The zero-order valence-electron chi connectivity index (χ0n) is 21.8. The lowest BCUT2D eigenvalue weighted by Crippen LogP contribution is -2.55. The number of hydrogen-bond acceptors (Lipinski definition) is 6. The van der Waals surface area contributed by atoms with Gasteiger partial charge in [0.1, 0.15) is 17.7 Å². The molecule has 3 unspecified atom stereocenters. The fourth-order valence-corrected chi connectivity index (χ4v) is 6.27. The first kappa shape index (κ1) is 25.7. The maximum atomic E-state index is 13.7. The summed E-state index contributed by atoms with van der Waals surface area (Å²) in [5, 5.41) is 13.5. The highest BCUT2D eigenvalue weighted by Gasteiger charge is 2.56. The Labute approximate surface area is 218 Å². The standard InChI is InChI=1S/C28H38N4O5/c1-18(2)16-21(29-25(34)19-6-8-20(9-7-19)30-13-3-4-14-30)26(35)31-15-10-22-24(31)23(33)17-32(22)27(36)28(37)11-5-12-28/h6-9,18,21-22,24,37H,3-5,10-17H2,1-2H3,(H,29,34). The third-order valence-electron chi connectivity index (χ3n) is 8.46. The predicted octanol–water partition coefficient (Wildman–Crippen LogP) is 1.73. The lowest BCUT2D eigenvalue weighted by atomic mass is 9.79. The smallest absolute Gasteiger partial charge is 0.255 e. The van der Waals surface area contributed by atoms with E-state index in [0.29, 0.717) is 37.8 Å². The second kappa shape index (κ2) is 10.1. The molecule has 3 aliphatic heterocycles. The number of Topliss-reactive ketones (excluding diaryl/α,β-unsaturated/α-hetero) is 1. The number of ketones is 1. The van der Waals surface area contributed by atoms with Crippen LogP contribution in [0.3, 0.4) is 0 Å². The zero-order valence-corrected chi connectivity index (χ0v) is 21.8. The van der Waals surface area contributed by atoms with Gasteiger partial charge in [0.15, 0.2) is 5.78 Å². The first-order chi connectivity index (χ1) is 17.7. The quantitative estimate of drug-likeness (QED) is 0.578. The predicted molar refractivity (Wildman–Crippen MR) is 138 cm³/mol. The van der Waals surface area contributed by atoms with E-state index in [1.165, 1.54) is 17.7 Å². The van der Waals surface area contributed by atoms with Gasteiger partial charge in [0.25, 0.3) is 11.8 Å². The average Bonchev–Trinajstić information content (AvgIpc) is 3.60. The molecule has 3 heterocycles.